The van der Waals surface area contributed by atoms with Crippen LogP contribution in [-0.2, 0) is 4.79 Å². The van der Waals surface area contributed by atoms with Gasteiger partial charge >= 0.3 is 0 Å². The first-order valence-corrected chi connectivity index (χ1v) is 26.2. The highest BCUT2D eigenvalue weighted by Crippen LogP contribution is 2.18. The van der Waals surface area contributed by atoms with Gasteiger partial charge in [0.15, 0.2) is 0 Å². The monoisotopic (exact) mass is 792 g/mol. The molecule has 0 aromatic rings. The zero-order valence-corrected chi connectivity index (χ0v) is 38.7. The zero-order valence-electron chi connectivity index (χ0n) is 38.7. The van der Waals surface area contributed by atoms with Gasteiger partial charge in [0, 0.05) is 6.42 Å². The maximum atomic E-state index is 12.3. The Morgan fingerprint density at radius 2 is 0.571 bits per heavy atom. The second-order valence-electron chi connectivity index (χ2n) is 18.3. The van der Waals surface area contributed by atoms with Crippen LogP contribution in [0.3, 0.4) is 0 Å². The van der Waals surface area contributed by atoms with Gasteiger partial charge in [-0.1, -0.05) is 290 Å². The summed E-state index contributed by atoms with van der Waals surface area (Å²) < 4.78 is 0. The summed E-state index contributed by atoms with van der Waals surface area (Å²) in [5.74, 6) is -0.0340. The number of hydrogen-bond acceptors (Lipinski definition) is 3. The van der Waals surface area contributed by atoms with Crippen molar-refractivity contribution in [1.82, 2.24) is 5.32 Å². The van der Waals surface area contributed by atoms with Gasteiger partial charge in [-0.15, -0.1) is 0 Å². The minimum absolute atomic E-state index is 0.0340. The molecule has 0 saturated carbocycles. The SMILES string of the molecule is CCCCCCCCCCCCCCCCCCCCCCCCCCCCCCCCCCCCCCCCCCC(=O)NC(CO)C(O)CCCCCC. The third-order valence-electron chi connectivity index (χ3n) is 12.6. The molecule has 0 heterocycles. The second-order valence-corrected chi connectivity index (χ2v) is 18.3. The molecule has 0 rings (SSSR count). The maximum Gasteiger partial charge on any atom is 0.220 e. The van der Waals surface area contributed by atoms with Crippen LogP contribution in [0.4, 0.5) is 0 Å². The van der Waals surface area contributed by atoms with E-state index in [0.717, 1.165) is 32.1 Å². The Hall–Kier alpha value is -0.610. The molecule has 4 nitrogen and oxygen atoms in total. The highest BCUT2D eigenvalue weighted by atomic mass is 16.3. The van der Waals surface area contributed by atoms with Crippen LogP contribution in [0.2, 0.25) is 0 Å². The van der Waals surface area contributed by atoms with Gasteiger partial charge in [-0.2, -0.15) is 0 Å². The predicted molar refractivity (Wildman–Crippen MR) is 249 cm³/mol. The standard InChI is InChI=1S/C52H105NO3/c1-3-5-7-9-10-11-12-13-14-15-16-17-18-19-20-21-22-23-24-25-26-27-28-29-30-31-32-33-34-35-36-37-38-39-40-41-42-43-44-46-48-52(56)53-50(49-54)51(55)47-45-8-6-4-2/h50-51,54-55H,3-49H2,1-2H3,(H,53,56). The fourth-order valence-corrected chi connectivity index (χ4v) is 8.60. The molecule has 0 spiro atoms. The highest BCUT2D eigenvalue weighted by Gasteiger charge is 2.20. The van der Waals surface area contributed by atoms with Crippen molar-refractivity contribution < 1.29 is 15.0 Å². The third-order valence-corrected chi connectivity index (χ3v) is 12.6. The summed E-state index contributed by atoms with van der Waals surface area (Å²) in [5.41, 5.74) is 0. The van der Waals surface area contributed by atoms with Crippen LogP contribution in [0.5, 0.6) is 0 Å². The number of aliphatic hydroxyl groups excluding tert-OH is 2. The summed E-state index contributed by atoms with van der Waals surface area (Å²) in [4.78, 5) is 12.3. The average molecular weight is 792 g/mol. The van der Waals surface area contributed by atoms with Gasteiger partial charge in [0.05, 0.1) is 18.8 Å². The molecule has 0 bridgehead atoms. The van der Waals surface area contributed by atoms with Crippen LogP contribution < -0.4 is 5.32 Å². The Balaban J connectivity index is 3.21. The van der Waals surface area contributed by atoms with Crippen molar-refractivity contribution in [2.75, 3.05) is 6.61 Å². The van der Waals surface area contributed by atoms with E-state index in [2.05, 4.69) is 19.2 Å². The largest absolute Gasteiger partial charge is 0.394 e. The van der Waals surface area contributed by atoms with Crippen LogP contribution in [0.15, 0.2) is 0 Å². The van der Waals surface area contributed by atoms with Gasteiger partial charge in [-0.25, -0.2) is 0 Å². The summed E-state index contributed by atoms with van der Waals surface area (Å²) in [7, 11) is 0. The van der Waals surface area contributed by atoms with Crippen LogP contribution in [-0.4, -0.2) is 34.9 Å². The van der Waals surface area contributed by atoms with Crippen molar-refractivity contribution in [3.8, 4) is 0 Å². The molecule has 0 fully saturated rings. The van der Waals surface area contributed by atoms with Gasteiger partial charge in [-0.3, -0.25) is 4.79 Å². The van der Waals surface area contributed by atoms with Crippen molar-refractivity contribution in [1.29, 1.82) is 0 Å². The summed E-state index contributed by atoms with van der Waals surface area (Å²) in [6.07, 6.45) is 61.6. The molecule has 336 valence electrons. The Kier molecular flexibility index (Phi) is 48.2. The van der Waals surface area contributed by atoms with E-state index in [1.54, 1.807) is 0 Å². The molecule has 0 aliphatic carbocycles. The first-order valence-electron chi connectivity index (χ1n) is 26.2. The summed E-state index contributed by atoms with van der Waals surface area (Å²) in [6, 6.07) is -0.526. The lowest BCUT2D eigenvalue weighted by Gasteiger charge is -2.22. The van der Waals surface area contributed by atoms with Crippen molar-refractivity contribution in [2.24, 2.45) is 0 Å². The number of nitrogens with one attached hydrogen (secondary N) is 1. The minimum Gasteiger partial charge on any atom is -0.394 e. The predicted octanol–water partition coefficient (Wildman–Crippen LogP) is 16.8. The number of aliphatic hydroxyl groups is 2. The third kappa shape index (κ3) is 44.5. The van der Waals surface area contributed by atoms with Crippen molar-refractivity contribution >= 4 is 5.91 Å². The molecule has 3 N–H and O–H groups in total. The Bertz CT molecular complexity index is 729. The number of hydrogen-bond donors (Lipinski definition) is 3. The van der Waals surface area contributed by atoms with Crippen LogP contribution in [0.25, 0.3) is 0 Å². The van der Waals surface area contributed by atoms with Gasteiger partial charge in [0.2, 0.25) is 5.91 Å². The van der Waals surface area contributed by atoms with Gasteiger partial charge in [0.1, 0.15) is 0 Å². The molecule has 4 heteroatoms. The molecule has 0 aromatic carbocycles. The van der Waals surface area contributed by atoms with E-state index in [4.69, 9.17) is 0 Å². The fraction of sp³-hybridized carbons (Fsp3) is 0.981. The molecule has 56 heavy (non-hydrogen) atoms. The number of carbonyl (C=O) groups is 1. The molecule has 2 atom stereocenters. The molecule has 0 aliphatic heterocycles. The van der Waals surface area contributed by atoms with Crippen LogP contribution in [0, 0.1) is 0 Å². The normalized spacial score (nSPS) is 12.7. The number of unbranched alkanes of at least 4 members (excludes halogenated alkanes) is 42. The molecular formula is C52H105NO3. The summed E-state index contributed by atoms with van der Waals surface area (Å²) in [6.45, 7) is 4.28. The smallest absolute Gasteiger partial charge is 0.220 e. The lowest BCUT2D eigenvalue weighted by Crippen LogP contribution is -2.45. The first kappa shape index (κ1) is 55.4. The lowest BCUT2D eigenvalue weighted by atomic mass is 10.0. The lowest BCUT2D eigenvalue weighted by molar-refractivity contribution is -0.123. The number of carbonyl (C=O) groups excluding carboxylic acids is 1. The van der Waals surface area contributed by atoms with Gasteiger partial charge < -0.3 is 15.5 Å². The Morgan fingerprint density at radius 1 is 0.357 bits per heavy atom. The van der Waals surface area contributed by atoms with Crippen LogP contribution >= 0.6 is 0 Å². The van der Waals surface area contributed by atoms with Gasteiger partial charge in [0.25, 0.3) is 0 Å². The maximum absolute atomic E-state index is 12.3. The molecule has 2 unspecified atom stereocenters. The van der Waals surface area contributed by atoms with Crippen LogP contribution in [0.1, 0.15) is 309 Å². The minimum atomic E-state index is -0.650. The summed E-state index contributed by atoms with van der Waals surface area (Å²) >= 11 is 0. The van der Waals surface area contributed by atoms with E-state index < -0.39 is 12.1 Å². The molecule has 1 amide bonds. The highest BCUT2D eigenvalue weighted by molar-refractivity contribution is 5.76. The topological polar surface area (TPSA) is 69.6 Å². The van der Waals surface area contributed by atoms with E-state index in [-0.39, 0.29) is 12.5 Å². The molecule has 0 aliphatic rings. The van der Waals surface area contributed by atoms with E-state index in [9.17, 15) is 15.0 Å². The zero-order chi connectivity index (χ0) is 40.7. The molecular weight excluding hydrogens is 687 g/mol. The Morgan fingerprint density at radius 3 is 0.804 bits per heavy atom. The summed E-state index contributed by atoms with van der Waals surface area (Å²) in [5, 5.41) is 22.7. The van der Waals surface area contributed by atoms with Crippen molar-refractivity contribution in [2.45, 2.75) is 321 Å². The molecule has 0 saturated heterocycles. The first-order chi connectivity index (χ1) is 27.7. The van der Waals surface area contributed by atoms with E-state index >= 15 is 0 Å². The van der Waals surface area contributed by atoms with Gasteiger partial charge in [-0.05, 0) is 12.8 Å². The number of rotatable bonds is 49. The van der Waals surface area contributed by atoms with Crippen molar-refractivity contribution in [3.63, 3.8) is 0 Å². The molecule has 0 aromatic heterocycles. The quantitative estimate of drug-likeness (QED) is 0.0538. The van der Waals surface area contributed by atoms with E-state index in [1.165, 1.54) is 250 Å². The molecule has 0 radical (unpaired) electrons. The number of amides is 1. The fourth-order valence-electron chi connectivity index (χ4n) is 8.60. The second kappa shape index (κ2) is 48.8. The average Bonchev–Trinajstić information content (AvgIpc) is 3.20. The van der Waals surface area contributed by atoms with E-state index in [0.29, 0.717) is 12.8 Å². The van der Waals surface area contributed by atoms with E-state index in [1.807, 2.05) is 0 Å². The Labute approximate surface area is 353 Å². The van der Waals surface area contributed by atoms with Crippen molar-refractivity contribution in [3.05, 3.63) is 0 Å².